The standard InChI is InChI=1S/C16H25N2O4/c1-16(2,22-18-15(19)9-12-20-3)10-4-11-21-14-7-5-13(17)6-8-14/h5-8H,4,9-12,17H2,1-3H3. The quantitative estimate of drug-likeness (QED) is 0.407. The lowest BCUT2D eigenvalue weighted by atomic mass is 10.0. The van der Waals surface area contributed by atoms with E-state index in [2.05, 4.69) is 5.48 Å². The molecule has 0 saturated heterocycles. The Balaban J connectivity index is 2.19. The van der Waals surface area contributed by atoms with Gasteiger partial charge in [-0.2, -0.15) is 0 Å². The monoisotopic (exact) mass is 309 g/mol. The van der Waals surface area contributed by atoms with Crippen molar-refractivity contribution in [2.45, 2.75) is 38.7 Å². The lowest BCUT2D eigenvalue weighted by molar-refractivity contribution is -0.152. The van der Waals surface area contributed by atoms with E-state index in [-0.39, 0.29) is 12.3 Å². The van der Waals surface area contributed by atoms with Gasteiger partial charge in [-0.25, -0.2) is 4.84 Å². The summed E-state index contributed by atoms with van der Waals surface area (Å²) in [7, 11) is 1.54. The summed E-state index contributed by atoms with van der Waals surface area (Å²) in [6, 6.07) is 7.27. The van der Waals surface area contributed by atoms with Crippen molar-refractivity contribution in [1.29, 1.82) is 0 Å². The summed E-state index contributed by atoms with van der Waals surface area (Å²) in [6.45, 7) is 4.70. The van der Waals surface area contributed by atoms with Crippen LogP contribution in [-0.4, -0.2) is 31.8 Å². The molecule has 0 saturated carbocycles. The molecule has 0 aliphatic heterocycles. The van der Waals surface area contributed by atoms with Crippen LogP contribution in [0.4, 0.5) is 5.69 Å². The predicted molar refractivity (Wildman–Crippen MR) is 84.4 cm³/mol. The zero-order valence-electron chi connectivity index (χ0n) is 13.5. The number of hydrogen-bond acceptors (Lipinski definition) is 5. The average Bonchev–Trinajstić information content (AvgIpc) is 2.49. The second-order valence-electron chi connectivity index (χ2n) is 5.60. The molecule has 0 aliphatic rings. The summed E-state index contributed by atoms with van der Waals surface area (Å²) in [5.74, 6) is 0.473. The van der Waals surface area contributed by atoms with Crippen molar-refractivity contribution in [3.63, 3.8) is 0 Å². The van der Waals surface area contributed by atoms with E-state index in [9.17, 15) is 4.79 Å². The average molecular weight is 309 g/mol. The van der Waals surface area contributed by atoms with Gasteiger partial charge in [0.15, 0.2) is 0 Å². The maximum absolute atomic E-state index is 11.4. The smallest absolute Gasteiger partial charge is 0.271 e. The lowest BCUT2D eigenvalue weighted by Gasteiger charge is -2.22. The minimum atomic E-state index is -0.507. The first-order valence-electron chi connectivity index (χ1n) is 7.32. The third kappa shape index (κ3) is 7.85. The van der Waals surface area contributed by atoms with Crippen LogP contribution in [0.1, 0.15) is 33.1 Å². The van der Waals surface area contributed by atoms with E-state index >= 15 is 0 Å². The topological polar surface area (TPSA) is 84.9 Å². The molecule has 0 spiro atoms. The molecule has 1 aromatic carbocycles. The molecule has 123 valence electrons. The van der Waals surface area contributed by atoms with Gasteiger partial charge in [-0.3, -0.25) is 4.79 Å². The molecule has 1 rings (SSSR count). The Morgan fingerprint density at radius 3 is 2.55 bits per heavy atom. The molecule has 0 atom stereocenters. The summed E-state index contributed by atoms with van der Waals surface area (Å²) in [5, 5.41) is 0. The van der Waals surface area contributed by atoms with Gasteiger partial charge in [0.05, 0.1) is 25.2 Å². The van der Waals surface area contributed by atoms with Crippen LogP contribution in [-0.2, 0) is 14.4 Å². The van der Waals surface area contributed by atoms with E-state index in [0.717, 1.165) is 18.6 Å². The van der Waals surface area contributed by atoms with Crippen LogP contribution in [0.25, 0.3) is 0 Å². The number of benzene rings is 1. The fraction of sp³-hybridized carbons (Fsp3) is 0.562. The second-order valence-corrected chi connectivity index (χ2v) is 5.60. The van der Waals surface area contributed by atoms with E-state index in [1.807, 2.05) is 26.0 Å². The molecule has 1 aromatic rings. The zero-order chi connectivity index (χ0) is 16.4. The van der Waals surface area contributed by atoms with Crippen LogP contribution in [0.2, 0.25) is 0 Å². The highest BCUT2D eigenvalue weighted by molar-refractivity contribution is 5.74. The van der Waals surface area contributed by atoms with Crippen molar-refractivity contribution in [3.05, 3.63) is 24.3 Å². The highest BCUT2D eigenvalue weighted by atomic mass is 16.7. The maximum atomic E-state index is 11.4. The van der Waals surface area contributed by atoms with Gasteiger partial charge in [0.1, 0.15) is 5.75 Å². The van der Waals surface area contributed by atoms with Crippen LogP contribution in [0.5, 0.6) is 5.75 Å². The van der Waals surface area contributed by atoms with E-state index in [0.29, 0.717) is 18.9 Å². The summed E-state index contributed by atoms with van der Waals surface area (Å²) < 4.78 is 10.4. The molecule has 0 unspecified atom stereocenters. The molecule has 2 N–H and O–H groups in total. The number of carbonyl (C=O) groups excluding carboxylic acids is 1. The lowest BCUT2D eigenvalue weighted by Crippen LogP contribution is -2.32. The van der Waals surface area contributed by atoms with Crippen molar-refractivity contribution in [3.8, 4) is 5.75 Å². The van der Waals surface area contributed by atoms with Gasteiger partial charge in [-0.1, -0.05) is 5.48 Å². The summed E-state index contributed by atoms with van der Waals surface area (Å²) >= 11 is 0. The number of carbonyl (C=O) groups is 1. The minimum Gasteiger partial charge on any atom is -0.494 e. The molecular weight excluding hydrogens is 284 g/mol. The summed E-state index contributed by atoms with van der Waals surface area (Å²) in [6.07, 6.45) is 1.75. The maximum Gasteiger partial charge on any atom is 0.271 e. The predicted octanol–water partition coefficient (Wildman–Crippen LogP) is 2.31. The van der Waals surface area contributed by atoms with Crippen molar-refractivity contribution in [1.82, 2.24) is 5.48 Å². The third-order valence-corrected chi connectivity index (χ3v) is 2.99. The summed E-state index contributed by atoms with van der Waals surface area (Å²) in [5.41, 5.74) is 9.42. The van der Waals surface area contributed by atoms with Gasteiger partial charge < -0.3 is 15.2 Å². The number of hydrogen-bond donors (Lipinski definition) is 1. The van der Waals surface area contributed by atoms with Crippen LogP contribution < -0.4 is 16.0 Å². The first kappa shape index (κ1) is 18.3. The highest BCUT2D eigenvalue weighted by Gasteiger charge is 2.21. The van der Waals surface area contributed by atoms with Crippen molar-refractivity contribution in [2.75, 3.05) is 26.1 Å². The van der Waals surface area contributed by atoms with Crippen molar-refractivity contribution < 1.29 is 19.1 Å². The number of nitrogen functional groups attached to an aromatic ring is 1. The largest absolute Gasteiger partial charge is 0.494 e. The normalized spacial score (nSPS) is 11.2. The number of nitrogens with two attached hydrogens (primary N) is 1. The van der Waals surface area contributed by atoms with E-state index in [1.165, 1.54) is 0 Å². The number of amides is 1. The Kier molecular flexibility index (Phi) is 7.70. The number of hydroxylamine groups is 1. The molecule has 6 nitrogen and oxygen atoms in total. The molecule has 0 heterocycles. The third-order valence-electron chi connectivity index (χ3n) is 2.99. The molecule has 1 radical (unpaired) electrons. The molecule has 1 amide bonds. The van der Waals surface area contributed by atoms with Crippen LogP contribution >= 0.6 is 0 Å². The Morgan fingerprint density at radius 1 is 1.23 bits per heavy atom. The number of anilines is 1. The molecule has 22 heavy (non-hydrogen) atoms. The van der Waals surface area contributed by atoms with Gasteiger partial charge in [-0.15, -0.1) is 0 Å². The Morgan fingerprint density at radius 2 is 1.91 bits per heavy atom. The van der Waals surface area contributed by atoms with E-state index in [4.69, 9.17) is 20.0 Å². The fourth-order valence-electron chi connectivity index (χ4n) is 1.71. The van der Waals surface area contributed by atoms with Crippen molar-refractivity contribution in [2.24, 2.45) is 0 Å². The Bertz CT molecular complexity index is 446. The number of nitrogens with zero attached hydrogens (tertiary/aromatic N) is 1. The van der Waals surface area contributed by atoms with Gasteiger partial charge in [-0.05, 0) is 51.0 Å². The number of methoxy groups -OCH3 is 1. The fourth-order valence-corrected chi connectivity index (χ4v) is 1.71. The first-order chi connectivity index (χ1) is 10.4. The SMILES string of the molecule is COCCC(=O)[N]OC(C)(C)CCCOc1ccc(N)cc1. The van der Waals surface area contributed by atoms with Gasteiger partial charge in [0, 0.05) is 12.8 Å². The molecule has 0 aliphatic carbocycles. The first-order valence-corrected chi connectivity index (χ1v) is 7.32. The minimum absolute atomic E-state index is 0.229. The highest BCUT2D eigenvalue weighted by Crippen LogP contribution is 2.18. The Labute approximate surface area is 131 Å². The molecule has 6 heteroatoms. The van der Waals surface area contributed by atoms with Crippen LogP contribution in [0.15, 0.2) is 24.3 Å². The summed E-state index contributed by atoms with van der Waals surface area (Å²) in [4.78, 5) is 16.7. The van der Waals surface area contributed by atoms with Gasteiger partial charge in [0.25, 0.3) is 5.91 Å². The zero-order valence-corrected chi connectivity index (χ0v) is 13.5. The number of rotatable bonds is 10. The van der Waals surface area contributed by atoms with Gasteiger partial charge >= 0.3 is 0 Å². The molecule has 0 bridgehead atoms. The second kappa shape index (κ2) is 9.27. The van der Waals surface area contributed by atoms with E-state index in [1.54, 1.807) is 19.2 Å². The Hall–Kier alpha value is -1.79. The van der Waals surface area contributed by atoms with Crippen LogP contribution in [0, 0.1) is 0 Å². The van der Waals surface area contributed by atoms with E-state index < -0.39 is 5.60 Å². The molecule has 0 fully saturated rings. The molecule has 0 aromatic heterocycles. The van der Waals surface area contributed by atoms with Crippen molar-refractivity contribution >= 4 is 11.6 Å². The number of ether oxygens (including phenoxy) is 2. The van der Waals surface area contributed by atoms with Gasteiger partial charge in [0.2, 0.25) is 0 Å². The van der Waals surface area contributed by atoms with Crippen LogP contribution in [0.3, 0.4) is 0 Å². The molecular formula is C16H25N2O4.